The number of carbonyl (C=O) groups is 2. The van der Waals surface area contributed by atoms with Gasteiger partial charge in [-0.2, -0.15) is 0 Å². The molecule has 1 aromatic rings. The molecule has 0 saturated heterocycles. The summed E-state index contributed by atoms with van der Waals surface area (Å²) in [5, 5.41) is 8.84. The number of halogens is 1. The zero-order valence-corrected chi connectivity index (χ0v) is 20.4. The van der Waals surface area contributed by atoms with Crippen LogP contribution in [-0.4, -0.2) is 22.0 Å². The van der Waals surface area contributed by atoms with E-state index in [1.54, 1.807) is 13.0 Å². The fraction of sp³-hybridized carbons (Fsp3) is 0.720. The van der Waals surface area contributed by atoms with E-state index in [1.807, 2.05) is 0 Å². The number of amides is 1. The second-order valence-corrected chi connectivity index (χ2v) is 8.59. The van der Waals surface area contributed by atoms with Crippen LogP contribution < -0.4 is 5.73 Å². The van der Waals surface area contributed by atoms with Gasteiger partial charge in [0.2, 0.25) is 5.91 Å². The summed E-state index contributed by atoms with van der Waals surface area (Å²) in [6, 6.07) is 1.55. The number of aliphatic carboxylic acids is 1. The Labute approximate surface area is 194 Å². The minimum absolute atomic E-state index is 0.321. The predicted octanol–water partition coefficient (Wildman–Crippen LogP) is 7.47. The van der Waals surface area contributed by atoms with E-state index in [-0.39, 0.29) is 0 Å². The molecule has 1 heterocycles. The molecule has 31 heavy (non-hydrogen) atoms. The predicted molar refractivity (Wildman–Crippen MR) is 130 cm³/mol. The summed E-state index contributed by atoms with van der Waals surface area (Å²) in [5.74, 6) is -1.13. The number of rotatable bonds is 17. The molecule has 0 radical (unpaired) electrons. The number of carbonyl (C=O) groups excluding carboxylic acids is 1. The molecule has 0 saturated carbocycles. The largest absolute Gasteiger partial charge is 0.481 e. The summed E-state index contributed by atoms with van der Waals surface area (Å²) in [6.07, 6.45) is 21.7. The van der Waals surface area contributed by atoms with Crippen LogP contribution in [0, 0.1) is 6.92 Å². The van der Waals surface area contributed by atoms with Crippen molar-refractivity contribution in [3.05, 3.63) is 28.5 Å². The van der Waals surface area contributed by atoms with E-state index in [1.165, 1.54) is 89.7 Å². The van der Waals surface area contributed by atoms with Gasteiger partial charge in [-0.3, -0.25) is 9.59 Å². The van der Waals surface area contributed by atoms with Gasteiger partial charge in [0, 0.05) is 18.2 Å². The van der Waals surface area contributed by atoms with E-state index >= 15 is 0 Å². The lowest BCUT2D eigenvalue weighted by Crippen LogP contribution is -2.12. The maximum absolute atomic E-state index is 10.7. The smallest absolute Gasteiger partial charge is 0.303 e. The van der Waals surface area contributed by atoms with E-state index in [4.69, 9.17) is 22.4 Å². The van der Waals surface area contributed by atoms with Gasteiger partial charge in [-0.05, 0) is 25.0 Å². The number of hydrogen-bond acceptors (Lipinski definition) is 3. The van der Waals surface area contributed by atoms with E-state index < -0.39 is 11.9 Å². The van der Waals surface area contributed by atoms with Crippen LogP contribution in [0.15, 0.2) is 12.3 Å². The first-order valence-electron chi connectivity index (χ1n) is 12.0. The van der Waals surface area contributed by atoms with Crippen molar-refractivity contribution in [1.29, 1.82) is 0 Å². The molecule has 0 aliphatic heterocycles. The molecule has 6 heteroatoms. The fourth-order valence-electron chi connectivity index (χ4n) is 3.42. The molecule has 3 N–H and O–H groups in total. The van der Waals surface area contributed by atoms with Gasteiger partial charge in [-0.15, -0.1) is 0 Å². The minimum Gasteiger partial charge on any atom is -0.481 e. The van der Waals surface area contributed by atoms with Crippen LogP contribution in [-0.2, 0) is 4.79 Å². The topological polar surface area (TPSA) is 93.3 Å². The summed E-state index contributed by atoms with van der Waals surface area (Å²) in [7, 11) is 0. The molecule has 5 nitrogen and oxygen atoms in total. The normalized spacial score (nSPS) is 10.4. The van der Waals surface area contributed by atoms with E-state index in [9.17, 15) is 9.59 Å². The molecule has 0 atom stereocenters. The lowest BCUT2D eigenvalue weighted by atomic mass is 10.0. The molecule has 0 fully saturated rings. The van der Waals surface area contributed by atoms with Crippen molar-refractivity contribution >= 4 is 23.5 Å². The molecule has 1 amide bonds. The highest BCUT2D eigenvalue weighted by atomic mass is 35.5. The number of unbranched alkanes of at least 4 members (excludes halogenated alkanes) is 14. The van der Waals surface area contributed by atoms with Gasteiger partial charge in [-0.1, -0.05) is 108 Å². The Kier molecular flexibility index (Phi) is 19.2. The number of primary amides is 1. The van der Waals surface area contributed by atoms with Crippen LogP contribution in [0.5, 0.6) is 0 Å². The lowest BCUT2D eigenvalue weighted by Gasteiger charge is -2.03. The number of nitrogens with zero attached hydrogens (tertiary/aromatic N) is 1. The maximum atomic E-state index is 10.7. The summed E-state index contributed by atoms with van der Waals surface area (Å²) < 4.78 is 0. The average Bonchev–Trinajstić information content (AvgIpc) is 2.73. The zero-order chi connectivity index (χ0) is 23.3. The second-order valence-electron chi connectivity index (χ2n) is 8.23. The van der Waals surface area contributed by atoms with Crippen LogP contribution in [0.2, 0.25) is 5.15 Å². The molecular weight excluding hydrogens is 412 g/mol. The Balaban J connectivity index is 0.000000683. The van der Waals surface area contributed by atoms with Crippen LogP contribution >= 0.6 is 11.6 Å². The molecule has 1 aromatic heterocycles. The first kappa shape index (κ1) is 29.4. The zero-order valence-electron chi connectivity index (χ0n) is 19.6. The molecular formula is C25H43ClN2O3. The van der Waals surface area contributed by atoms with Crippen molar-refractivity contribution < 1.29 is 14.7 Å². The average molecular weight is 455 g/mol. The Hall–Kier alpha value is -1.62. The van der Waals surface area contributed by atoms with Crippen molar-refractivity contribution in [3.63, 3.8) is 0 Å². The Bertz CT molecular complexity index is 608. The molecule has 0 spiro atoms. The highest BCUT2D eigenvalue weighted by molar-refractivity contribution is 6.30. The van der Waals surface area contributed by atoms with Crippen LogP contribution in [0.25, 0.3) is 0 Å². The molecule has 0 aliphatic carbocycles. The van der Waals surface area contributed by atoms with Gasteiger partial charge in [-0.25, -0.2) is 4.98 Å². The van der Waals surface area contributed by atoms with Crippen molar-refractivity contribution in [2.45, 2.75) is 117 Å². The Morgan fingerprint density at radius 2 is 1.29 bits per heavy atom. The summed E-state index contributed by atoms with van der Waals surface area (Å²) in [6.45, 7) is 3.97. The standard InChI is InChI=1S/C18H36O2.C7H7ClN2O/c1-2-3-4-5-6-7-8-9-10-11-12-13-14-15-16-17-18(19)20;1-4-5(7(9)11)2-3-10-6(4)8/h2-17H2,1H3,(H,19,20);2-3H,1H3,(H2,9,11). The van der Waals surface area contributed by atoms with Gasteiger partial charge in [0.05, 0.1) is 0 Å². The molecule has 0 bridgehead atoms. The van der Waals surface area contributed by atoms with Crippen LogP contribution in [0.1, 0.15) is 126 Å². The SMILES string of the molecule is CCCCCCCCCCCCCCCCCC(=O)O.Cc1c(C(N)=O)ccnc1Cl. The number of pyridine rings is 1. The third-order valence-corrected chi connectivity index (χ3v) is 5.78. The maximum Gasteiger partial charge on any atom is 0.303 e. The first-order valence-corrected chi connectivity index (χ1v) is 12.4. The lowest BCUT2D eigenvalue weighted by molar-refractivity contribution is -0.137. The third kappa shape index (κ3) is 17.7. The molecule has 0 aromatic carbocycles. The van der Waals surface area contributed by atoms with E-state index in [0.29, 0.717) is 22.7 Å². The van der Waals surface area contributed by atoms with E-state index in [0.717, 1.165) is 12.8 Å². The number of aromatic nitrogens is 1. The second kappa shape index (κ2) is 20.3. The highest BCUT2D eigenvalue weighted by Crippen LogP contribution is 2.15. The van der Waals surface area contributed by atoms with Crippen LogP contribution in [0.3, 0.4) is 0 Å². The summed E-state index contributed by atoms with van der Waals surface area (Å²) in [5.41, 5.74) is 6.11. The number of hydrogen-bond donors (Lipinski definition) is 2. The minimum atomic E-state index is -0.653. The third-order valence-electron chi connectivity index (χ3n) is 5.40. The van der Waals surface area contributed by atoms with Crippen molar-refractivity contribution in [2.75, 3.05) is 0 Å². The van der Waals surface area contributed by atoms with Crippen LogP contribution in [0.4, 0.5) is 0 Å². The quantitative estimate of drug-likeness (QED) is 0.188. The van der Waals surface area contributed by atoms with Gasteiger partial charge < -0.3 is 10.8 Å². The van der Waals surface area contributed by atoms with Gasteiger partial charge >= 0.3 is 5.97 Å². The fourth-order valence-corrected chi connectivity index (χ4v) is 3.58. The highest BCUT2D eigenvalue weighted by Gasteiger charge is 2.06. The molecule has 178 valence electrons. The van der Waals surface area contributed by atoms with Gasteiger partial charge in [0.1, 0.15) is 5.15 Å². The summed E-state index contributed by atoms with van der Waals surface area (Å²) in [4.78, 5) is 24.8. The number of nitrogens with two attached hydrogens (primary N) is 1. The molecule has 0 aliphatic rings. The Morgan fingerprint density at radius 1 is 0.871 bits per heavy atom. The van der Waals surface area contributed by atoms with Crippen molar-refractivity contribution in [3.8, 4) is 0 Å². The first-order chi connectivity index (χ1) is 14.9. The number of carboxylic acid groups (broad SMARTS) is 1. The summed E-state index contributed by atoms with van der Waals surface area (Å²) >= 11 is 5.64. The Morgan fingerprint density at radius 3 is 1.65 bits per heavy atom. The van der Waals surface area contributed by atoms with E-state index in [2.05, 4.69) is 11.9 Å². The number of carboxylic acids is 1. The van der Waals surface area contributed by atoms with Gasteiger partial charge in [0.25, 0.3) is 0 Å². The molecule has 1 rings (SSSR count). The van der Waals surface area contributed by atoms with Crippen molar-refractivity contribution in [2.24, 2.45) is 5.73 Å². The van der Waals surface area contributed by atoms with Crippen molar-refractivity contribution in [1.82, 2.24) is 4.98 Å². The monoisotopic (exact) mass is 454 g/mol. The molecule has 0 unspecified atom stereocenters. The van der Waals surface area contributed by atoms with Gasteiger partial charge in [0.15, 0.2) is 0 Å².